The highest BCUT2D eigenvalue weighted by Crippen LogP contribution is 2.10. The van der Waals surface area contributed by atoms with Crippen LogP contribution in [0.3, 0.4) is 0 Å². The summed E-state index contributed by atoms with van der Waals surface area (Å²) in [4.78, 5) is 23.6. The zero-order chi connectivity index (χ0) is 15.9. The molecule has 0 saturated heterocycles. The van der Waals surface area contributed by atoms with E-state index < -0.39 is 0 Å². The molecule has 0 aliphatic rings. The Labute approximate surface area is 126 Å². The molecule has 2 amide bonds. The first-order chi connectivity index (χ1) is 9.81. The first kappa shape index (κ1) is 17.0. The summed E-state index contributed by atoms with van der Waals surface area (Å²) in [6.45, 7) is 8.64. The lowest BCUT2D eigenvalue weighted by Gasteiger charge is -2.20. The second-order valence-electron chi connectivity index (χ2n) is 5.99. The summed E-state index contributed by atoms with van der Waals surface area (Å²) in [6.07, 6.45) is 0.899. The lowest BCUT2D eigenvalue weighted by molar-refractivity contribution is -0.120. The molecule has 0 fully saturated rings. The average molecular weight is 291 g/mol. The molecule has 0 spiro atoms. The largest absolute Gasteiger partial charge is 0.376 e. The van der Waals surface area contributed by atoms with E-state index in [0.717, 1.165) is 12.1 Å². The minimum absolute atomic E-state index is 0.0802. The number of nitrogens with one attached hydrogen (secondary N) is 3. The number of carbonyl (C=O) groups excluding carboxylic acids is 2. The smallest absolute Gasteiger partial charge is 0.251 e. The third-order valence-electron chi connectivity index (χ3n) is 2.63. The molecule has 0 aromatic heterocycles. The van der Waals surface area contributed by atoms with E-state index in [-0.39, 0.29) is 23.9 Å². The quantitative estimate of drug-likeness (QED) is 0.752. The van der Waals surface area contributed by atoms with Crippen molar-refractivity contribution >= 4 is 17.5 Å². The van der Waals surface area contributed by atoms with Crippen LogP contribution in [-0.2, 0) is 4.79 Å². The first-order valence-electron chi connectivity index (χ1n) is 7.25. The van der Waals surface area contributed by atoms with Gasteiger partial charge in [-0.25, -0.2) is 0 Å². The van der Waals surface area contributed by atoms with Crippen molar-refractivity contribution in [2.75, 3.05) is 18.4 Å². The molecule has 0 aliphatic heterocycles. The highest BCUT2D eigenvalue weighted by atomic mass is 16.2. The zero-order valence-corrected chi connectivity index (χ0v) is 13.2. The number of amides is 2. The van der Waals surface area contributed by atoms with Crippen molar-refractivity contribution in [1.29, 1.82) is 0 Å². The summed E-state index contributed by atoms with van der Waals surface area (Å²) in [5, 5.41) is 8.73. The Bertz CT molecular complexity index is 493. The van der Waals surface area contributed by atoms with Gasteiger partial charge >= 0.3 is 0 Å². The SMILES string of the molecule is CCCNC(=O)c1cccc(NCC(=O)NC(C)(C)C)c1. The first-order valence-corrected chi connectivity index (χ1v) is 7.25. The lowest BCUT2D eigenvalue weighted by atomic mass is 10.1. The van der Waals surface area contributed by atoms with Crippen LogP contribution in [0, 0.1) is 0 Å². The third kappa shape index (κ3) is 6.79. The Kier molecular flexibility index (Phi) is 6.21. The summed E-state index contributed by atoms with van der Waals surface area (Å²) in [7, 11) is 0. The summed E-state index contributed by atoms with van der Waals surface area (Å²) in [5.41, 5.74) is 1.09. The lowest BCUT2D eigenvalue weighted by Crippen LogP contribution is -2.43. The van der Waals surface area contributed by atoms with Crippen LogP contribution in [0.5, 0.6) is 0 Å². The number of benzene rings is 1. The molecule has 5 nitrogen and oxygen atoms in total. The Morgan fingerprint density at radius 1 is 1.19 bits per heavy atom. The summed E-state index contributed by atoms with van der Waals surface area (Å²) in [5.74, 6) is -0.178. The van der Waals surface area contributed by atoms with Gasteiger partial charge in [0.25, 0.3) is 5.91 Å². The normalized spacial score (nSPS) is 10.9. The molecule has 5 heteroatoms. The van der Waals surface area contributed by atoms with Crippen molar-refractivity contribution in [1.82, 2.24) is 10.6 Å². The van der Waals surface area contributed by atoms with Gasteiger partial charge in [0.05, 0.1) is 6.54 Å². The second-order valence-corrected chi connectivity index (χ2v) is 5.99. The van der Waals surface area contributed by atoms with E-state index in [1.54, 1.807) is 18.2 Å². The molecular formula is C16H25N3O2. The van der Waals surface area contributed by atoms with Crippen molar-refractivity contribution in [2.45, 2.75) is 39.7 Å². The summed E-state index contributed by atoms with van der Waals surface area (Å²) in [6, 6.07) is 7.13. The van der Waals surface area contributed by atoms with Crippen LogP contribution in [0.2, 0.25) is 0 Å². The fourth-order valence-electron chi connectivity index (χ4n) is 1.76. The molecule has 0 radical (unpaired) electrons. The van der Waals surface area contributed by atoms with E-state index in [9.17, 15) is 9.59 Å². The van der Waals surface area contributed by atoms with Gasteiger partial charge < -0.3 is 16.0 Å². The predicted octanol–water partition coefficient (Wildman–Crippen LogP) is 2.15. The van der Waals surface area contributed by atoms with Crippen LogP contribution in [0.15, 0.2) is 24.3 Å². The molecule has 21 heavy (non-hydrogen) atoms. The second kappa shape index (κ2) is 7.67. The van der Waals surface area contributed by atoms with Gasteiger partial charge in [0.15, 0.2) is 0 Å². The highest BCUT2D eigenvalue weighted by Gasteiger charge is 2.13. The molecular weight excluding hydrogens is 266 g/mol. The molecule has 0 heterocycles. The van der Waals surface area contributed by atoms with E-state index in [4.69, 9.17) is 0 Å². The van der Waals surface area contributed by atoms with Crippen molar-refractivity contribution in [3.05, 3.63) is 29.8 Å². The molecule has 0 atom stereocenters. The molecule has 1 rings (SSSR count). The molecule has 1 aromatic carbocycles. The van der Waals surface area contributed by atoms with E-state index >= 15 is 0 Å². The standard InChI is InChI=1S/C16H25N3O2/c1-5-9-17-15(21)12-7-6-8-13(10-12)18-11-14(20)19-16(2,3)4/h6-8,10,18H,5,9,11H2,1-4H3,(H,17,21)(H,19,20). The third-order valence-corrected chi connectivity index (χ3v) is 2.63. The van der Waals surface area contributed by atoms with Crippen LogP contribution >= 0.6 is 0 Å². The van der Waals surface area contributed by atoms with Crippen molar-refractivity contribution in [3.8, 4) is 0 Å². The molecule has 0 aliphatic carbocycles. The minimum Gasteiger partial charge on any atom is -0.376 e. The monoisotopic (exact) mass is 291 g/mol. The van der Waals surface area contributed by atoms with Crippen molar-refractivity contribution in [3.63, 3.8) is 0 Å². The number of rotatable bonds is 6. The van der Waals surface area contributed by atoms with Gasteiger partial charge in [0.2, 0.25) is 5.91 Å². The Morgan fingerprint density at radius 3 is 2.52 bits per heavy atom. The van der Waals surface area contributed by atoms with Crippen LogP contribution < -0.4 is 16.0 Å². The van der Waals surface area contributed by atoms with Gasteiger partial charge in [0.1, 0.15) is 0 Å². The topological polar surface area (TPSA) is 70.2 Å². The maximum absolute atomic E-state index is 11.9. The maximum Gasteiger partial charge on any atom is 0.251 e. The fraction of sp³-hybridized carbons (Fsp3) is 0.500. The van der Waals surface area contributed by atoms with Gasteiger partial charge in [0, 0.05) is 23.3 Å². The molecule has 0 unspecified atom stereocenters. The van der Waals surface area contributed by atoms with Crippen LogP contribution in [0.1, 0.15) is 44.5 Å². The Hall–Kier alpha value is -2.04. The maximum atomic E-state index is 11.9. The summed E-state index contributed by atoms with van der Waals surface area (Å²) >= 11 is 0. The van der Waals surface area contributed by atoms with Gasteiger partial charge in [-0.15, -0.1) is 0 Å². The van der Waals surface area contributed by atoms with E-state index in [1.165, 1.54) is 0 Å². The van der Waals surface area contributed by atoms with Crippen molar-refractivity contribution < 1.29 is 9.59 Å². The van der Waals surface area contributed by atoms with Gasteiger partial charge in [-0.1, -0.05) is 13.0 Å². The summed E-state index contributed by atoms with van der Waals surface area (Å²) < 4.78 is 0. The Morgan fingerprint density at radius 2 is 1.90 bits per heavy atom. The molecule has 116 valence electrons. The molecule has 1 aromatic rings. The van der Waals surface area contributed by atoms with Gasteiger partial charge in [-0.3, -0.25) is 9.59 Å². The molecule has 0 bridgehead atoms. The number of anilines is 1. The Balaban J connectivity index is 2.57. The minimum atomic E-state index is -0.249. The van der Waals surface area contributed by atoms with Crippen LogP contribution in [-0.4, -0.2) is 30.4 Å². The van der Waals surface area contributed by atoms with Crippen LogP contribution in [0.4, 0.5) is 5.69 Å². The number of hydrogen-bond donors (Lipinski definition) is 3. The van der Waals surface area contributed by atoms with Gasteiger partial charge in [-0.2, -0.15) is 0 Å². The average Bonchev–Trinajstić information content (AvgIpc) is 2.41. The zero-order valence-electron chi connectivity index (χ0n) is 13.2. The molecule has 3 N–H and O–H groups in total. The van der Waals surface area contributed by atoms with E-state index in [2.05, 4.69) is 16.0 Å². The van der Waals surface area contributed by atoms with Crippen LogP contribution in [0.25, 0.3) is 0 Å². The number of carbonyl (C=O) groups is 2. The van der Waals surface area contributed by atoms with Crippen molar-refractivity contribution in [2.24, 2.45) is 0 Å². The highest BCUT2D eigenvalue weighted by molar-refractivity contribution is 5.95. The van der Waals surface area contributed by atoms with E-state index in [1.807, 2.05) is 33.8 Å². The van der Waals surface area contributed by atoms with E-state index in [0.29, 0.717) is 12.1 Å². The number of hydrogen-bond acceptors (Lipinski definition) is 3. The fourth-order valence-corrected chi connectivity index (χ4v) is 1.76. The predicted molar refractivity (Wildman–Crippen MR) is 85.5 cm³/mol. The molecule has 0 saturated carbocycles. The van der Waals surface area contributed by atoms with Gasteiger partial charge in [-0.05, 0) is 45.4 Å².